The molecule has 0 fully saturated rings. The van der Waals surface area contributed by atoms with E-state index in [1.807, 2.05) is 18.2 Å². The molecule has 1 aliphatic carbocycles. The molecule has 1 unspecified atom stereocenters. The van der Waals surface area contributed by atoms with Gasteiger partial charge < -0.3 is 9.84 Å². The molecule has 2 aliphatic rings. The summed E-state index contributed by atoms with van der Waals surface area (Å²) in [5.41, 5.74) is 3.81. The number of ether oxygens (including phenoxy) is 1. The quantitative estimate of drug-likeness (QED) is 0.837. The van der Waals surface area contributed by atoms with E-state index < -0.39 is 0 Å². The van der Waals surface area contributed by atoms with Crippen LogP contribution in [-0.2, 0) is 12.8 Å². The number of allylic oxidation sites excluding steroid dienone is 1. The smallest absolute Gasteiger partial charge is 0.126 e. The van der Waals surface area contributed by atoms with Gasteiger partial charge in [-0.05, 0) is 47.9 Å². The van der Waals surface area contributed by atoms with Crippen molar-refractivity contribution in [3.8, 4) is 5.75 Å². The zero-order chi connectivity index (χ0) is 14.3. The summed E-state index contributed by atoms with van der Waals surface area (Å²) < 4.78 is 5.76. The van der Waals surface area contributed by atoms with E-state index in [1.54, 1.807) is 0 Å². The fourth-order valence-electron chi connectivity index (χ4n) is 3.49. The second kappa shape index (κ2) is 5.09. The van der Waals surface area contributed by atoms with E-state index in [-0.39, 0.29) is 11.5 Å². The van der Waals surface area contributed by atoms with Crippen LogP contribution in [0.15, 0.2) is 23.8 Å². The molecule has 0 saturated carbocycles. The largest absolute Gasteiger partial charge is 0.493 e. The predicted molar refractivity (Wildman–Crippen MR) is 81.5 cm³/mol. The number of rotatable bonds is 2. The average Bonchev–Trinajstić information content (AvgIpc) is 2.73. The molecule has 1 heterocycles. The monoisotopic (exact) mass is 292 g/mol. The topological polar surface area (TPSA) is 29.5 Å². The summed E-state index contributed by atoms with van der Waals surface area (Å²) in [7, 11) is 0. The molecule has 108 valence electrons. The molecular weight excluding hydrogens is 272 g/mol. The summed E-state index contributed by atoms with van der Waals surface area (Å²) in [6, 6.07) is 4.00. The predicted octanol–water partition coefficient (Wildman–Crippen LogP) is 3.92. The van der Waals surface area contributed by atoms with Crippen molar-refractivity contribution < 1.29 is 9.84 Å². The molecule has 2 nitrogen and oxygen atoms in total. The SMILES string of the molecule is CC1(C)CC(Cc2cc(Cl)cc3c2OCC3)=CC(O)C1. The van der Waals surface area contributed by atoms with Crippen molar-refractivity contribution in [3.05, 3.63) is 39.9 Å². The maximum atomic E-state index is 10.0. The lowest BCUT2D eigenvalue weighted by Crippen LogP contribution is -2.25. The molecule has 1 aromatic carbocycles. The van der Waals surface area contributed by atoms with Gasteiger partial charge in [-0.25, -0.2) is 0 Å². The molecule has 0 saturated heterocycles. The molecule has 3 rings (SSSR count). The highest BCUT2D eigenvalue weighted by molar-refractivity contribution is 6.30. The van der Waals surface area contributed by atoms with E-state index in [1.165, 1.54) is 11.1 Å². The van der Waals surface area contributed by atoms with Gasteiger partial charge in [-0.15, -0.1) is 0 Å². The Kier molecular flexibility index (Phi) is 3.55. The number of aliphatic hydroxyl groups is 1. The van der Waals surface area contributed by atoms with Gasteiger partial charge in [-0.2, -0.15) is 0 Å². The van der Waals surface area contributed by atoms with Crippen molar-refractivity contribution in [1.29, 1.82) is 0 Å². The van der Waals surface area contributed by atoms with E-state index in [0.717, 1.165) is 48.6 Å². The lowest BCUT2D eigenvalue weighted by atomic mass is 9.75. The Bertz CT molecular complexity index is 560. The molecule has 1 N–H and O–H groups in total. The first-order valence-corrected chi connectivity index (χ1v) is 7.62. The normalized spacial score (nSPS) is 24.0. The van der Waals surface area contributed by atoms with Crippen molar-refractivity contribution in [3.63, 3.8) is 0 Å². The van der Waals surface area contributed by atoms with Crippen molar-refractivity contribution >= 4 is 11.6 Å². The first-order chi connectivity index (χ1) is 9.43. The molecule has 0 amide bonds. The van der Waals surface area contributed by atoms with Crippen molar-refractivity contribution in [2.45, 2.75) is 45.6 Å². The minimum atomic E-state index is -0.332. The third-order valence-electron chi connectivity index (χ3n) is 4.14. The van der Waals surface area contributed by atoms with Crippen LogP contribution in [0.25, 0.3) is 0 Å². The summed E-state index contributed by atoms with van der Waals surface area (Å²) in [6.45, 7) is 5.17. The number of benzene rings is 1. The molecule has 1 atom stereocenters. The highest BCUT2D eigenvalue weighted by atomic mass is 35.5. The summed E-state index contributed by atoms with van der Waals surface area (Å²) in [5.74, 6) is 1.01. The minimum absolute atomic E-state index is 0.159. The maximum Gasteiger partial charge on any atom is 0.126 e. The van der Waals surface area contributed by atoms with Crippen molar-refractivity contribution in [1.82, 2.24) is 0 Å². The second-order valence-corrected chi connectivity index (χ2v) is 7.20. The summed E-state index contributed by atoms with van der Waals surface area (Å²) in [6.07, 6.45) is 5.29. The number of hydrogen-bond donors (Lipinski definition) is 1. The van der Waals surface area contributed by atoms with Crippen molar-refractivity contribution in [2.24, 2.45) is 5.41 Å². The molecular formula is C17H21ClO2. The van der Waals surface area contributed by atoms with Crippen LogP contribution < -0.4 is 4.74 Å². The van der Waals surface area contributed by atoms with Gasteiger partial charge in [0, 0.05) is 11.4 Å². The molecule has 0 bridgehead atoms. The highest BCUT2D eigenvalue weighted by Crippen LogP contribution is 2.39. The van der Waals surface area contributed by atoms with Crippen LogP contribution in [0.4, 0.5) is 0 Å². The summed E-state index contributed by atoms with van der Waals surface area (Å²) in [4.78, 5) is 0. The number of fused-ring (bicyclic) bond motifs is 1. The van der Waals surface area contributed by atoms with Gasteiger partial charge in [-0.1, -0.05) is 37.1 Å². The third-order valence-corrected chi connectivity index (χ3v) is 4.36. The van der Waals surface area contributed by atoms with E-state index in [0.29, 0.717) is 0 Å². The number of halogens is 1. The fourth-order valence-corrected chi connectivity index (χ4v) is 3.75. The first-order valence-electron chi connectivity index (χ1n) is 7.25. The van der Waals surface area contributed by atoms with Crippen LogP contribution in [0, 0.1) is 5.41 Å². The van der Waals surface area contributed by atoms with E-state index in [2.05, 4.69) is 13.8 Å². The fraction of sp³-hybridized carbons (Fsp3) is 0.529. The number of aliphatic hydroxyl groups excluding tert-OH is 1. The molecule has 0 aromatic heterocycles. The van der Waals surface area contributed by atoms with Crippen LogP contribution >= 0.6 is 11.6 Å². The van der Waals surface area contributed by atoms with Gasteiger partial charge in [0.2, 0.25) is 0 Å². The molecule has 20 heavy (non-hydrogen) atoms. The Balaban J connectivity index is 1.89. The van der Waals surface area contributed by atoms with Crippen LogP contribution in [0.1, 0.15) is 37.8 Å². The van der Waals surface area contributed by atoms with Crippen LogP contribution in [0.3, 0.4) is 0 Å². The van der Waals surface area contributed by atoms with E-state index >= 15 is 0 Å². The Hall–Kier alpha value is -0.990. The van der Waals surface area contributed by atoms with Gasteiger partial charge >= 0.3 is 0 Å². The van der Waals surface area contributed by atoms with Crippen LogP contribution in [-0.4, -0.2) is 17.8 Å². The number of hydrogen-bond acceptors (Lipinski definition) is 2. The standard InChI is InChI=1S/C17H21ClO2/c1-17(2)9-11(6-15(19)10-17)5-13-8-14(18)7-12-3-4-20-16(12)13/h6-8,15,19H,3-5,9-10H2,1-2H3. The van der Waals surface area contributed by atoms with Gasteiger partial charge in [0.1, 0.15) is 5.75 Å². The second-order valence-electron chi connectivity index (χ2n) is 6.77. The molecule has 1 aromatic rings. The highest BCUT2D eigenvalue weighted by Gasteiger charge is 2.28. The minimum Gasteiger partial charge on any atom is -0.493 e. The maximum absolute atomic E-state index is 10.0. The first kappa shape index (κ1) is 14.0. The van der Waals surface area contributed by atoms with E-state index in [9.17, 15) is 5.11 Å². The van der Waals surface area contributed by atoms with Crippen LogP contribution in [0.2, 0.25) is 5.02 Å². The van der Waals surface area contributed by atoms with Gasteiger partial charge in [0.25, 0.3) is 0 Å². The summed E-state index contributed by atoms with van der Waals surface area (Å²) in [5, 5.41) is 10.8. The van der Waals surface area contributed by atoms with Gasteiger partial charge in [0.05, 0.1) is 12.7 Å². The Morgan fingerprint density at radius 3 is 2.95 bits per heavy atom. The average molecular weight is 293 g/mol. The zero-order valence-electron chi connectivity index (χ0n) is 12.1. The lowest BCUT2D eigenvalue weighted by Gasteiger charge is -2.32. The molecule has 1 aliphatic heterocycles. The van der Waals surface area contributed by atoms with Crippen LogP contribution in [0.5, 0.6) is 5.75 Å². The zero-order valence-corrected chi connectivity index (χ0v) is 12.8. The van der Waals surface area contributed by atoms with Crippen molar-refractivity contribution in [2.75, 3.05) is 6.61 Å². The molecule has 3 heteroatoms. The van der Waals surface area contributed by atoms with Gasteiger partial charge in [-0.3, -0.25) is 0 Å². The molecule has 0 spiro atoms. The Labute approximate surface area is 125 Å². The summed E-state index contributed by atoms with van der Waals surface area (Å²) >= 11 is 6.21. The third kappa shape index (κ3) is 2.87. The van der Waals surface area contributed by atoms with Gasteiger partial charge in [0.15, 0.2) is 0 Å². The lowest BCUT2D eigenvalue weighted by molar-refractivity contribution is 0.138. The van der Waals surface area contributed by atoms with E-state index in [4.69, 9.17) is 16.3 Å². The Morgan fingerprint density at radius 1 is 1.40 bits per heavy atom. The molecule has 0 radical (unpaired) electrons. The Morgan fingerprint density at radius 2 is 2.20 bits per heavy atom.